The zero-order valence-electron chi connectivity index (χ0n) is 15.0. The molecule has 0 bridgehead atoms. The summed E-state index contributed by atoms with van der Waals surface area (Å²) in [6, 6.07) is 4.91. The van der Waals surface area contributed by atoms with Gasteiger partial charge in [-0.05, 0) is 37.1 Å². The van der Waals surface area contributed by atoms with Crippen LogP contribution in [-0.4, -0.2) is 36.7 Å². The standard InChI is InChI=1S/C18H22FN3O3S2/c1-2-17(23)20-10-15-12-26-18(21-15)13-4-3-9-22(11-13)27(24,25)16-7-5-14(19)6-8-16/h5-8,12-13H,2-4,9-11H2,1H3,(H,20,23)/t13-/m0/s1. The van der Waals surface area contributed by atoms with E-state index in [-0.39, 0.29) is 16.7 Å². The van der Waals surface area contributed by atoms with Gasteiger partial charge < -0.3 is 5.32 Å². The maximum Gasteiger partial charge on any atom is 0.243 e. The first-order valence-corrected chi connectivity index (χ1v) is 11.2. The van der Waals surface area contributed by atoms with Gasteiger partial charge in [0.05, 0.1) is 22.1 Å². The second-order valence-electron chi connectivity index (χ2n) is 6.46. The number of nitrogens with zero attached hydrogens (tertiary/aromatic N) is 2. The molecular formula is C18H22FN3O3S2. The molecule has 0 saturated carbocycles. The number of thiazole rings is 1. The van der Waals surface area contributed by atoms with Crippen LogP contribution in [0.4, 0.5) is 4.39 Å². The maximum atomic E-state index is 13.1. The van der Waals surface area contributed by atoms with Crippen molar-refractivity contribution in [2.45, 2.75) is 43.5 Å². The Morgan fingerprint density at radius 2 is 2.11 bits per heavy atom. The first-order chi connectivity index (χ1) is 12.9. The molecular weight excluding hydrogens is 389 g/mol. The average molecular weight is 412 g/mol. The summed E-state index contributed by atoms with van der Waals surface area (Å²) >= 11 is 1.49. The van der Waals surface area contributed by atoms with Crippen molar-refractivity contribution in [3.05, 3.63) is 46.2 Å². The number of nitrogens with one attached hydrogen (secondary N) is 1. The van der Waals surface area contributed by atoms with Crippen LogP contribution < -0.4 is 5.32 Å². The molecule has 1 aliphatic heterocycles. The lowest BCUT2D eigenvalue weighted by Gasteiger charge is -2.31. The molecule has 9 heteroatoms. The highest BCUT2D eigenvalue weighted by Gasteiger charge is 2.32. The number of rotatable bonds is 6. The van der Waals surface area contributed by atoms with Gasteiger partial charge in [-0.15, -0.1) is 11.3 Å². The Morgan fingerprint density at radius 3 is 2.81 bits per heavy atom. The topological polar surface area (TPSA) is 79.4 Å². The summed E-state index contributed by atoms with van der Waals surface area (Å²) in [5, 5.41) is 5.58. The highest BCUT2D eigenvalue weighted by Crippen LogP contribution is 2.32. The second-order valence-corrected chi connectivity index (χ2v) is 9.29. The molecule has 1 aromatic heterocycles. The molecule has 0 unspecified atom stereocenters. The molecule has 1 aliphatic rings. The Balaban J connectivity index is 1.70. The summed E-state index contributed by atoms with van der Waals surface area (Å²) in [6.07, 6.45) is 2.03. The number of piperidine rings is 1. The number of aromatic nitrogens is 1. The van der Waals surface area contributed by atoms with E-state index in [1.54, 1.807) is 6.92 Å². The van der Waals surface area contributed by atoms with Gasteiger partial charge in [0.1, 0.15) is 5.82 Å². The van der Waals surface area contributed by atoms with Gasteiger partial charge in [0.15, 0.2) is 0 Å². The van der Waals surface area contributed by atoms with Crippen LogP contribution in [0.25, 0.3) is 0 Å². The summed E-state index contributed by atoms with van der Waals surface area (Å²) in [5.41, 5.74) is 0.787. The minimum absolute atomic E-state index is 0.0228. The predicted octanol–water partition coefficient (Wildman–Crippen LogP) is 2.88. The third kappa shape index (κ3) is 4.72. The Morgan fingerprint density at radius 1 is 1.37 bits per heavy atom. The van der Waals surface area contributed by atoms with Gasteiger partial charge in [0, 0.05) is 30.8 Å². The van der Waals surface area contributed by atoms with E-state index in [2.05, 4.69) is 10.3 Å². The smallest absolute Gasteiger partial charge is 0.243 e. The number of amides is 1. The van der Waals surface area contributed by atoms with Crippen molar-refractivity contribution in [2.24, 2.45) is 0 Å². The SMILES string of the molecule is CCC(=O)NCc1csc([C@H]2CCCN(S(=O)(=O)c3ccc(F)cc3)C2)n1. The number of halogens is 1. The Bertz CT molecular complexity index is 897. The summed E-state index contributed by atoms with van der Waals surface area (Å²) in [7, 11) is -3.65. The molecule has 2 heterocycles. The lowest BCUT2D eigenvalue weighted by atomic mass is 10.0. The van der Waals surface area contributed by atoms with E-state index in [4.69, 9.17) is 0 Å². The summed E-state index contributed by atoms with van der Waals surface area (Å²) in [4.78, 5) is 16.0. The van der Waals surface area contributed by atoms with E-state index >= 15 is 0 Å². The molecule has 1 amide bonds. The average Bonchev–Trinajstić information content (AvgIpc) is 3.15. The number of benzene rings is 1. The van der Waals surface area contributed by atoms with Crippen LogP contribution in [0.5, 0.6) is 0 Å². The first-order valence-electron chi connectivity index (χ1n) is 8.87. The van der Waals surface area contributed by atoms with Crippen LogP contribution in [-0.2, 0) is 21.4 Å². The number of hydrogen-bond acceptors (Lipinski definition) is 5. The van der Waals surface area contributed by atoms with Gasteiger partial charge in [-0.2, -0.15) is 4.31 Å². The zero-order valence-corrected chi connectivity index (χ0v) is 16.7. The van der Waals surface area contributed by atoms with Crippen molar-refractivity contribution in [3.8, 4) is 0 Å². The third-order valence-corrected chi connectivity index (χ3v) is 7.48. The largest absolute Gasteiger partial charge is 0.350 e. The minimum Gasteiger partial charge on any atom is -0.350 e. The van der Waals surface area contributed by atoms with E-state index in [0.29, 0.717) is 26.1 Å². The number of carbonyl (C=O) groups is 1. The zero-order chi connectivity index (χ0) is 19.4. The fraction of sp³-hybridized carbons (Fsp3) is 0.444. The highest BCUT2D eigenvalue weighted by atomic mass is 32.2. The maximum absolute atomic E-state index is 13.1. The molecule has 3 rings (SSSR count). The highest BCUT2D eigenvalue weighted by molar-refractivity contribution is 7.89. The minimum atomic E-state index is -3.65. The van der Waals surface area contributed by atoms with Crippen molar-refractivity contribution in [2.75, 3.05) is 13.1 Å². The monoisotopic (exact) mass is 411 g/mol. The Kier molecular flexibility index (Phi) is 6.23. The fourth-order valence-electron chi connectivity index (χ4n) is 3.02. The van der Waals surface area contributed by atoms with Crippen LogP contribution in [0.1, 0.15) is 42.8 Å². The molecule has 1 saturated heterocycles. The Labute approximate surface area is 162 Å². The van der Waals surface area contributed by atoms with Gasteiger partial charge in [-0.1, -0.05) is 6.92 Å². The van der Waals surface area contributed by atoms with E-state index < -0.39 is 15.8 Å². The van der Waals surface area contributed by atoms with Crippen LogP contribution >= 0.6 is 11.3 Å². The molecule has 0 spiro atoms. The summed E-state index contributed by atoms with van der Waals surface area (Å²) in [6.45, 7) is 2.97. The number of hydrogen-bond donors (Lipinski definition) is 1. The molecule has 1 N–H and O–H groups in total. The lowest BCUT2D eigenvalue weighted by Crippen LogP contribution is -2.39. The van der Waals surface area contributed by atoms with Crippen molar-refractivity contribution in [1.82, 2.24) is 14.6 Å². The fourth-order valence-corrected chi connectivity index (χ4v) is 5.49. The van der Waals surface area contributed by atoms with Gasteiger partial charge in [0.2, 0.25) is 15.9 Å². The molecule has 1 atom stereocenters. The normalized spacial score (nSPS) is 18.4. The molecule has 146 valence electrons. The van der Waals surface area contributed by atoms with E-state index in [1.165, 1.54) is 27.8 Å². The van der Waals surface area contributed by atoms with Crippen molar-refractivity contribution in [1.29, 1.82) is 0 Å². The molecule has 27 heavy (non-hydrogen) atoms. The molecule has 1 aromatic carbocycles. The predicted molar refractivity (Wildman–Crippen MR) is 101 cm³/mol. The van der Waals surface area contributed by atoms with Crippen LogP contribution in [0, 0.1) is 5.82 Å². The van der Waals surface area contributed by atoms with Crippen LogP contribution in [0.3, 0.4) is 0 Å². The molecule has 1 fully saturated rings. The first kappa shape index (κ1) is 19.9. The molecule has 2 aromatic rings. The number of sulfonamides is 1. The molecule has 6 nitrogen and oxygen atoms in total. The van der Waals surface area contributed by atoms with Gasteiger partial charge in [-0.3, -0.25) is 4.79 Å². The third-order valence-electron chi connectivity index (χ3n) is 4.54. The van der Waals surface area contributed by atoms with Crippen molar-refractivity contribution in [3.63, 3.8) is 0 Å². The van der Waals surface area contributed by atoms with Crippen molar-refractivity contribution < 1.29 is 17.6 Å². The number of carbonyl (C=O) groups excluding carboxylic acids is 1. The molecule has 0 radical (unpaired) electrons. The summed E-state index contributed by atoms with van der Waals surface area (Å²) in [5.74, 6) is -0.468. The quantitative estimate of drug-likeness (QED) is 0.793. The van der Waals surface area contributed by atoms with Gasteiger partial charge in [-0.25, -0.2) is 17.8 Å². The van der Waals surface area contributed by atoms with Gasteiger partial charge in [0.25, 0.3) is 0 Å². The summed E-state index contributed by atoms with van der Waals surface area (Å²) < 4.78 is 40.2. The van der Waals surface area contributed by atoms with E-state index in [9.17, 15) is 17.6 Å². The van der Waals surface area contributed by atoms with Crippen LogP contribution in [0.2, 0.25) is 0 Å². The second kappa shape index (κ2) is 8.45. The molecule has 0 aliphatic carbocycles. The lowest BCUT2D eigenvalue weighted by molar-refractivity contribution is -0.120. The van der Waals surface area contributed by atoms with Crippen LogP contribution in [0.15, 0.2) is 34.5 Å². The van der Waals surface area contributed by atoms with E-state index in [0.717, 1.165) is 35.7 Å². The Hall–Kier alpha value is -1.84. The van der Waals surface area contributed by atoms with E-state index in [1.807, 2.05) is 5.38 Å². The van der Waals surface area contributed by atoms with Gasteiger partial charge >= 0.3 is 0 Å². The van der Waals surface area contributed by atoms with Crippen molar-refractivity contribution >= 4 is 27.3 Å².